The predicted molar refractivity (Wildman–Crippen MR) is 130 cm³/mol. The average molecular weight is 490 g/mol. The van der Waals surface area contributed by atoms with Crippen molar-refractivity contribution in [1.29, 1.82) is 0 Å². The number of nitrogens with zero attached hydrogens (tertiary/aromatic N) is 3. The van der Waals surface area contributed by atoms with Crippen LogP contribution in [0.1, 0.15) is 13.8 Å². The number of para-hydroxylation sites is 2. The van der Waals surface area contributed by atoms with Crippen molar-refractivity contribution in [1.82, 2.24) is 0 Å². The largest absolute Gasteiger partial charge is 0.464 e. The quantitative estimate of drug-likeness (QED) is 0.541. The lowest BCUT2D eigenvalue weighted by atomic mass is 10.2. The highest BCUT2D eigenvalue weighted by atomic mass is 35.5. The predicted octanol–water partition coefficient (Wildman–Crippen LogP) is 5.04. The third-order valence-electron chi connectivity index (χ3n) is 4.79. The minimum absolute atomic E-state index is 0.152. The van der Waals surface area contributed by atoms with E-state index < -0.39 is 16.3 Å². The lowest BCUT2D eigenvalue weighted by Crippen LogP contribution is -2.49. The fraction of sp³-hybridized carbons (Fsp3) is 0.227. The van der Waals surface area contributed by atoms with Crippen LogP contribution in [0.5, 0.6) is 0 Å². The first-order valence-electron chi connectivity index (χ1n) is 9.76. The molecule has 0 saturated carbocycles. The van der Waals surface area contributed by atoms with Gasteiger partial charge in [-0.05, 0) is 49.9 Å². The van der Waals surface area contributed by atoms with E-state index in [2.05, 4.69) is 5.10 Å². The van der Waals surface area contributed by atoms with E-state index in [1.807, 2.05) is 60.4 Å². The molecule has 2 aliphatic rings. The van der Waals surface area contributed by atoms with Crippen molar-refractivity contribution in [2.45, 2.75) is 18.2 Å². The molecule has 0 amide bonds. The maximum absolute atomic E-state index is 12.8. The highest BCUT2D eigenvalue weighted by molar-refractivity contribution is 8.29. The number of methoxy groups -OCH3 is 1. The van der Waals surface area contributed by atoms with Crippen LogP contribution in [0, 0.1) is 0 Å². The van der Waals surface area contributed by atoms with E-state index in [0.717, 1.165) is 5.69 Å². The summed E-state index contributed by atoms with van der Waals surface area (Å²) < 4.78 is 9.20. The molecule has 0 aromatic heterocycles. The summed E-state index contributed by atoms with van der Waals surface area (Å²) in [4.78, 5) is 27.7. The normalized spacial score (nSPS) is 20.1. The van der Waals surface area contributed by atoms with Crippen LogP contribution >= 0.6 is 35.1 Å². The third-order valence-corrected chi connectivity index (χ3v) is 7.96. The van der Waals surface area contributed by atoms with Gasteiger partial charge in [-0.25, -0.2) is 14.6 Å². The smallest absolute Gasteiger partial charge is 0.365 e. The van der Waals surface area contributed by atoms with Crippen LogP contribution in [0.3, 0.4) is 0 Å². The van der Waals surface area contributed by atoms with Crippen LogP contribution in [0.15, 0.2) is 70.3 Å². The zero-order chi connectivity index (χ0) is 22.9. The molecule has 0 N–H and O–H groups in total. The van der Waals surface area contributed by atoms with Crippen molar-refractivity contribution in [2.24, 2.45) is 5.10 Å². The topological polar surface area (TPSA) is 71.4 Å². The summed E-state index contributed by atoms with van der Waals surface area (Å²) in [6, 6.07) is 16.8. The second kappa shape index (κ2) is 9.09. The summed E-state index contributed by atoms with van der Waals surface area (Å²) >= 11 is 8.99. The monoisotopic (exact) mass is 489 g/mol. The zero-order valence-corrected chi connectivity index (χ0v) is 20.0. The second-order valence-corrected chi connectivity index (χ2v) is 9.73. The van der Waals surface area contributed by atoms with Gasteiger partial charge < -0.3 is 14.4 Å². The Balaban J connectivity index is 1.92. The lowest BCUT2D eigenvalue weighted by molar-refractivity contribution is -0.137. The lowest BCUT2D eigenvalue weighted by Gasteiger charge is -2.41. The number of hydrazone groups is 1. The first-order valence-corrected chi connectivity index (χ1v) is 11.8. The highest BCUT2D eigenvalue weighted by Gasteiger charge is 2.58. The number of halogens is 1. The molecule has 0 bridgehead atoms. The number of esters is 2. The van der Waals surface area contributed by atoms with Crippen molar-refractivity contribution in [2.75, 3.05) is 23.6 Å². The molecule has 166 valence electrons. The SMILES string of the molecule is CCOC(=O)C1=C(C)N(c2ccccc2)[C@@]2(SC(C(=O)OC)=NN2c2ccccc2Cl)S1. The van der Waals surface area contributed by atoms with E-state index in [9.17, 15) is 9.59 Å². The molecule has 10 heteroatoms. The molecule has 32 heavy (non-hydrogen) atoms. The van der Waals surface area contributed by atoms with Gasteiger partial charge in [0.2, 0.25) is 9.37 Å². The summed E-state index contributed by atoms with van der Waals surface area (Å²) in [5, 5.41) is 6.86. The molecular weight excluding hydrogens is 470 g/mol. The van der Waals surface area contributed by atoms with Gasteiger partial charge in [-0.15, -0.1) is 0 Å². The molecule has 2 aromatic rings. The summed E-state index contributed by atoms with van der Waals surface area (Å²) in [6.45, 7) is 3.86. The molecule has 1 spiro atoms. The molecule has 0 unspecified atom stereocenters. The van der Waals surface area contributed by atoms with Crippen LogP contribution < -0.4 is 9.91 Å². The fourth-order valence-electron chi connectivity index (χ4n) is 3.43. The minimum atomic E-state index is -1.07. The number of benzene rings is 2. The second-order valence-electron chi connectivity index (χ2n) is 6.72. The molecule has 2 aromatic carbocycles. The Morgan fingerprint density at radius 2 is 1.75 bits per heavy atom. The molecule has 0 radical (unpaired) electrons. The van der Waals surface area contributed by atoms with E-state index in [-0.39, 0.29) is 11.7 Å². The minimum Gasteiger partial charge on any atom is -0.464 e. The molecule has 0 saturated heterocycles. The first-order chi connectivity index (χ1) is 15.4. The van der Waals surface area contributed by atoms with Gasteiger partial charge in [-0.1, -0.05) is 53.7 Å². The van der Waals surface area contributed by atoms with E-state index in [1.165, 1.54) is 30.6 Å². The van der Waals surface area contributed by atoms with Gasteiger partial charge in [0.15, 0.2) is 0 Å². The summed E-state index contributed by atoms with van der Waals surface area (Å²) in [7, 11) is 1.31. The molecule has 4 rings (SSSR count). The van der Waals surface area contributed by atoms with Crippen LogP contribution in [0.25, 0.3) is 0 Å². The van der Waals surface area contributed by atoms with Gasteiger partial charge in [0.1, 0.15) is 4.91 Å². The molecule has 2 heterocycles. The molecule has 1 atom stereocenters. The van der Waals surface area contributed by atoms with Gasteiger partial charge in [-0.2, -0.15) is 5.10 Å². The van der Waals surface area contributed by atoms with Gasteiger partial charge in [0.25, 0.3) is 0 Å². The average Bonchev–Trinajstić information content (AvgIpc) is 3.32. The van der Waals surface area contributed by atoms with Crippen molar-refractivity contribution >= 4 is 63.5 Å². The maximum atomic E-state index is 12.8. The summed E-state index contributed by atoms with van der Waals surface area (Å²) in [6.07, 6.45) is 0. The molecule has 0 fully saturated rings. The Morgan fingerprint density at radius 3 is 2.41 bits per heavy atom. The van der Waals surface area contributed by atoms with Crippen molar-refractivity contribution < 1.29 is 19.1 Å². The number of carbonyl (C=O) groups is 2. The maximum Gasteiger partial charge on any atom is 0.365 e. The van der Waals surface area contributed by atoms with Crippen LogP contribution in [0.4, 0.5) is 11.4 Å². The number of allylic oxidation sites excluding steroid dienone is 1. The van der Waals surface area contributed by atoms with Crippen LogP contribution in [-0.2, 0) is 19.1 Å². The van der Waals surface area contributed by atoms with Gasteiger partial charge in [0, 0.05) is 11.4 Å². The molecule has 7 nitrogen and oxygen atoms in total. The molecule has 2 aliphatic heterocycles. The van der Waals surface area contributed by atoms with Gasteiger partial charge in [-0.3, -0.25) is 0 Å². The summed E-state index contributed by atoms with van der Waals surface area (Å²) in [5.74, 6) is -1.00. The van der Waals surface area contributed by atoms with E-state index >= 15 is 0 Å². The Hall–Kier alpha value is -2.62. The number of thioether (sulfide) groups is 2. The van der Waals surface area contributed by atoms with Gasteiger partial charge in [0.05, 0.1) is 24.4 Å². The van der Waals surface area contributed by atoms with E-state index in [1.54, 1.807) is 18.0 Å². The van der Waals surface area contributed by atoms with Crippen molar-refractivity contribution in [3.63, 3.8) is 0 Å². The standard InChI is InChI=1S/C22H20ClN3O4S2/c1-4-30-20(27)18-14(2)25(15-10-6-5-7-11-15)22(31-18)26(17-13-9-8-12-16(17)23)24-19(32-22)21(28)29-3/h5-13H,4H2,1-3H3/t22-/m0/s1. The first kappa shape index (κ1) is 22.6. The Labute approximate surface area is 199 Å². The zero-order valence-electron chi connectivity index (χ0n) is 17.6. The highest BCUT2D eigenvalue weighted by Crippen LogP contribution is 2.60. The Kier molecular flexibility index (Phi) is 6.41. The number of hydrogen-bond donors (Lipinski definition) is 0. The Bertz CT molecular complexity index is 1130. The van der Waals surface area contributed by atoms with Gasteiger partial charge >= 0.3 is 11.9 Å². The van der Waals surface area contributed by atoms with E-state index in [0.29, 0.717) is 21.3 Å². The number of ether oxygens (including phenoxy) is 2. The van der Waals surface area contributed by atoms with Crippen molar-refractivity contribution in [3.05, 3.63) is 70.2 Å². The molecule has 0 aliphatic carbocycles. The van der Waals surface area contributed by atoms with Crippen LogP contribution in [-0.4, -0.2) is 35.0 Å². The Morgan fingerprint density at radius 1 is 1.06 bits per heavy atom. The third kappa shape index (κ3) is 3.74. The van der Waals surface area contributed by atoms with Crippen molar-refractivity contribution in [3.8, 4) is 0 Å². The number of rotatable bonds is 5. The summed E-state index contributed by atoms with van der Waals surface area (Å²) in [5.41, 5.74) is 2.10. The number of anilines is 2. The number of carbonyl (C=O) groups excluding carboxylic acids is 2. The van der Waals surface area contributed by atoms with E-state index in [4.69, 9.17) is 21.1 Å². The van der Waals surface area contributed by atoms with Crippen LogP contribution in [0.2, 0.25) is 5.02 Å². The molecular formula is C22H20ClN3O4S2. The fourth-order valence-corrected chi connectivity index (χ4v) is 6.61. The number of hydrogen-bond acceptors (Lipinski definition) is 9.